The second-order valence-corrected chi connectivity index (χ2v) is 12.5. The Morgan fingerprint density at radius 3 is 2.54 bits per heavy atom. The zero-order chi connectivity index (χ0) is 27.6. The van der Waals surface area contributed by atoms with Gasteiger partial charge in [-0.25, -0.2) is 0 Å². The minimum absolute atomic E-state index is 0.116. The van der Waals surface area contributed by atoms with E-state index in [0.29, 0.717) is 12.2 Å². The zero-order valence-electron chi connectivity index (χ0n) is 24.2. The molecule has 208 valence electrons. The van der Waals surface area contributed by atoms with Gasteiger partial charge in [0, 0.05) is 26.1 Å². The fourth-order valence-electron chi connectivity index (χ4n) is 6.40. The van der Waals surface area contributed by atoms with Crippen molar-refractivity contribution in [2.75, 3.05) is 26.3 Å². The highest BCUT2D eigenvalue weighted by atomic mass is 19.1. The summed E-state index contributed by atoms with van der Waals surface area (Å²) >= 11 is 0. The predicted octanol–water partition coefficient (Wildman–Crippen LogP) is 8.30. The quantitative estimate of drug-likeness (QED) is 0.392. The fraction of sp³-hybridized carbons (Fsp3) is 0.486. The molecule has 0 saturated carbocycles. The summed E-state index contributed by atoms with van der Waals surface area (Å²) in [5.41, 5.74) is 10.7. The second kappa shape index (κ2) is 11.7. The Hall–Kier alpha value is -2.85. The summed E-state index contributed by atoms with van der Waals surface area (Å²) in [5.74, 6) is 1.40. The number of phenolic OH excluding ortho intramolecular Hbond substituents is 1. The van der Waals surface area contributed by atoms with Crippen molar-refractivity contribution in [1.29, 1.82) is 0 Å². The molecule has 3 nitrogen and oxygen atoms in total. The molecule has 3 aliphatic rings. The van der Waals surface area contributed by atoms with Crippen LogP contribution in [-0.2, 0) is 16.6 Å². The number of hydrogen-bond acceptors (Lipinski definition) is 3. The highest BCUT2D eigenvalue weighted by molar-refractivity contribution is 6.00. The maximum Gasteiger partial charge on any atom is 0.115 e. The molecule has 1 N–H and O–H groups in total. The fourth-order valence-corrected chi connectivity index (χ4v) is 6.40. The molecule has 1 heterocycles. The van der Waals surface area contributed by atoms with E-state index in [-0.39, 0.29) is 18.2 Å². The number of allylic oxidation sites excluding steroid dienone is 6. The van der Waals surface area contributed by atoms with Gasteiger partial charge in [-0.15, -0.1) is 0 Å². The highest BCUT2D eigenvalue weighted by Crippen LogP contribution is 2.44. The van der Waals surface area contributed by atoms with Gasteiger partial charge in [-0.1, -0.05) is 51.1 Å². The third-order valence-corrected chi connectivity index (χ3v) is 8.54. The van der Waals surface area contributed by atoms with E-state index in [2.05, 4.69) is 69.0 Å². The first kappa shape index (κ1) is 27.7. The molecule has 39 heavy (non-hydrogen) atoms. The Morgan fingerprint density at radius 2 is 1.82 bits per heavy atom. The molecule has 1 fully saturated rings. The van der Waals surface area contributed by atoms with Crippen molar-refractivity contribution in [3.8, 4) is 5.75 Å². The maximum absolute atomic E-state index is 12.6. The van der Waals surface area contributed by atoms with Gasteiger partial charge in [0.1, 0.15) is 11.9 Å². The van der Waals surface area contributed by atoms with E-state index >= 15 is 0 Å². The molecule has 0 amide bonds. The monoisotopic (exact) mass is 529 g/mol. The summed E-state index contributed by atoms with van der Waals surface area (Å²) in [6.45, 7) is 11.5. The number of halogens is 1. The van der Waals surface area contributed by atoms with Gasteiger partial charge in [0.05, 0.1) is 12.4 Å². The highest BCUT2D eigenvalue weighted by Gasteiger charge is 2.27. The van der Waals surface area contributed by atoms with Crippen LogP contribution in [0.3, 0.4) is 0 Å². The van der Waals surface area contributed by atoms with Crippen molar-refractivity contribution in [3.05, 3.63) is 87.7 Å². The zero-order valence-corrected chi connectivity index (χ0v) is 24.2. The van der Waals surface area contributed by atoms with Crippen LogP contribution in [0.15, 0.2) is 59.9 Å². The third-order valence-electron chi connectivity index (χ3n) is 8.54. The molecule has 2 aromatic rings. The Bertz CT molecular complexity index is 1300. The molecule has 1 unspecified atom stereocenters. The first-order chi connectivity index (χ1) is 18.7. The lowest BCUT2D eigenvalue weighted by Crippen LogP contribution is -2.24. The minimum atomic E-state index is -0.248. The molecule has 4 heteroatoms. The van der Waals surface area contributed by atoms with Crippen LogP contribution in [0.25, 0.3) is 11.1 Å². The molecule has 1 atom stereocenters. The van der Waals surface area contributed by atoms with Crippen LogP contribution in [0.1, 0.15) is 87.1 Å². The summed E-state index contributed by atoms with van der Waals surface area (Å²) in [7, 11) is 0. The van der Waals surface area contributed by atoms with E-state index in [4.69, 9.17) is 4.74 Å². The summed E-state index contributed by atoms with van der Waals surface area (Å²) in [5, 5.41) is 10.3. The first-order valence-electron chi connectivity index (χ1n) is 14.7. The minimum Gasteiger partial charge on any atom is -0.508 e. The topological polar surface area (TPSA) is 32.7 Å². The van der Waals surface area contributed by atoms with Gasteiger partial charge in [0.25, 0.3) is 0 Å². The Kier molecular flexibility index (Phi) is 8.32. The van der Waals surface area contributed by atoms with Crippen molar-refractivity contribution in [2.24, 2.45) is 0 Å². The van der Waals surface area contributed by atoms with Crippen LogP contribution >= 0.6 is 0 Å². The van der Waals surface area contributed by atoms with E-state index in [1.54, 1.807) is 0 Å². The predicted molar refractivity (Wildman–Crippen MR) is 160 cm³/mol. The Labute approximate surface area is 234 Å². The molecule has 5 rings (SSSR count). The van der Waals surface area contributed by atoms with E-state index in [0.717, 1.165) is 63.9 Å². The van der Waals surface area contributed by atoms with E-state index in [1.165, 1.54) is 44.5 Å². The van der Waals surface area contributed by atoms with Crippen LogP contribution in [-0.4, -0.2) is 42.4 Å². The molecule has 0 bridgehead atoms. The van der Waals surface area contributed by atoms with Gasteiger partial charge in [-0.05, 0) is 114 Å². The van der Waals surface area contributed by atoms with Crippen molar-refractivity contribution in [1.82, 2.24) is 4.90 Å². The lowest BCUT2D eigenvalue weighted by Gasteiger charge is -2.25. The maximum atomic E-state index is 12.6. The molecule has 1 aliphatic heterocycles. The van der Waals surface area contributed by atoms with Gasteiger partial charge in [0.2, 0.25) is 0 Å². The second-order valence-electron chi connectivity index (χ2n) is 12.5. The van der Waals surface area contributed by atoms with Crippen LogP contribution in [0.5, 0.6) is 5.75 Å². The lowest BCUT2D eigenvalue weighted by molar-refractivity contribution is 0.113. The van der Waals surface area contributed by atoms with Gasteiger partial charge < -0.3 is 9.84 Å². The summed E-state index contributed by atoms with van der Waals surface area (Å²) < 4.78 is 19.0. The number of aryl methyl sites for hydroxylation is 2. The molecule has 1 saturated heterocycles. The van der Waals surface area contributed by atoms with E-state index in [9.17, 15) is 9.50 Å². The molecular formula is C35H44FNO2. The van der Waals surface area contributed by atoms with Gasteiger partial charge in [-0.3, -0.25) is 9.29 Å². The Morgan fingerprint density at radius 1 is 1.00 bits per heavy atom. The number of benzene rings is 2. The standard InChI is InChI=1S/C35H44FNO2/c1-24-21-27(35(2,3)4)11-15-31(24)33-8-5-7-26-22-28(38)12-16-32(26)34(33)25-9-13-29(14-10-25)39-30-17-20-37(23-30)19-6-18-36/h9,11-13,15-16,21-22,30,38H,5-8,10,14,17-20,23H2,1-4H3. The van der Waals surface area contributed by atoms with Gasteiger partial charge in [0.15, 0.2) is 0 Å². The number of rotatable bonds is 7. The van der Waals surface area contributed by atoms with Gasteiger partial charge in [-0.2, -0.15) is 0 Å². The number of aromatic hydroxyl groups is 1. The van der Waals surface area contributed by atoms with Crippen LogP contribution in [0.4, 0.5) is 4.39 Å². The average molecular weight is 530 g/mol. The molecule has 0 radical (unpaired) electrons. The van der Waals surface area contributed by atoms with Crippen molar-refractivity contribution >= 4 is 11.1 Å². The third kappa shape index (κ3) is 6.32. The number of phenols is 1. The molecule has 0 aromatic heterocycles. The smallest absolute Gasteiger partial charge is 0.115 e. The van der Waals surface area contributed by atoms with Crippen LogP contribution in [0.2, 0.25) is 0 Å². The summed E-state index contributed by atoms with van der Waals surface area (Å²) in [6, 6.07) is 12.9. The van der Waals surface area contributed by atoms with Gasteiger partial charge >= 0.3 is 0 Å². The van der Waals surface area contributed by atoms with E-state index in [1.807, 2.05) is 12.1 Å². The number of fused-ring (bicyclic) bond motifs is 1. The average Bonchev–Trinajstić information content (AvgIpc) is 3.26. The number of nitrogens with zero attached hydrogens (tertiary/aromatic N) is 1. The van der Waals surface area contributed by atoms with Crippen molar-refractivity contribution < 1.29 is 14.2 Å². The van der Waals surface area contributed by atoms with Crippen molar-refractivity contribution in [2.45, 2.75) is 84.2 Å². The normalized spacial score (nSPS) is 20.4. The SMILES string of the molecule is Cc1cc(C(C)(C)C)ccc1C1=C(C2=CC=C(OC3CCN(CCCF)C3)CC2)c2ccc(O)cc2CCC1. The number of likely N-dealkylation sites (tertiary alicyclic amines) is 1. The molecule has 2 aromatic carbocycles. The number of alkyl halides is 1. The summed E-state index contributed by atoms with van der Waals surface area (Å²) in [6.07, 6.45) is 11.1. The molecule has 2 aliphatic carbocycles. The number of hydrogen-bond donors (Lipinski definition) is 1. The Balaban J connectivity index is 1.49. The molecular weight excluding hydrogens is 485 g/mol. The summed E-state index contributed by atoms with van der Waals surface area (Å²) in [4.78, 5) is 2.32. The van der Waals surface area contributed by atoms with E-state index < -0.39 is 0 Å². The first-order valence-corrected chi connectivity index (χ1v) is 14.7. The largest absolute Gasteiger partial charge is 0.508 e. The van der Waals surface area contributed by atoms with Crippen LogP contribution in [0, 0.1) is 6.92 Å². The number of ether oxygens (including phenoxy) is 1. The van der Waals surface area contributed by atoms with Crippen LogP contribution < -0.4 is 0 Å². The lowest BCUT2D eigenvalue weighted by atomic mass is 9.81. The molecule has 0 spiro atoms. The van der Waals surface area contributed by atoms with Crippen molar-refractivity contribution in [3.63, 3.8) is 0 Å².